The number of carbonyl (C=O) groups excluding carboxylic acids is 1. The number of aliphatic hydroxyl groups excluding tert-OH is 1. The molecule has 80 heavy (non-hydrogen) atoms. The lowest BCUT2D eigenvalue weighted by molar-refractivity contribution is -0.870. The molecule has 0 radical (unpaired) electrons. The van der Waals surface area contributed by atoms with Crippen molar-refractivity contribution in [2.24, 2.45) is 0 Å². The van der Waals surface area contributed by atoms with Crippen molar-refractivity contribution in [3.8, 4) is 0 Å². The molecule has 3 N–H and O–H groups in total. The van der Waals surface area contributed by atoms with Crippen LogP contribution in [0, 0.1) is 0 Å². The highest BCUT2D eigenvalue weighted by Crippen LogP contribution is 2.43. The van der Waals surface area contributed by atoms with E-state index < -0.39 is 20.0 Å². The SMILES string of the molecule is CCCCCCCCCCCCCCCCCCCCCCCC/C=C/CC/C=C/C(O)C(COP(=O)(O)OCC[N+](C)(C)C)NC(=O)CCCCCCCCCCCCCCCCCCCCCCCCCCCCCCCC. The first-order valence-electron chi connectivity index (χ1n) is 35.7. The number of unbranched alkanes of at least 4 members (excludes halogenated alkanes) is 52. The van der Waals surface area contributed by atoms with Crippen LogP contribution in [0.25, 0.3) is 0 Å². The maximum atomic E-state index is 13.0. The topological polar surface area (TPSA) is 105 Å². The van der Waals surface area contributed by atoms with Gasteiger partial charge in [-0.3, -0.25) is 13.8 Å². The highest BCUT2D eigenvalue weighted by atomic mass is 31.2. The summed E-state index contributed by atoms with van der Waals surface area (Å²) in [5, 5.41) is 14.0. The molecule has 3 unspecified atom stereocenters. The van der Waals surface area contributed by atoms with E-state index in [1.54, 1.807) is 6.08 Å². The number of phosphoric acid groups is 1. The fourth-order valence-corrected chi connectivity index (χ4v) is 11.9. The zero-order valence-electron chi connectivity index (χ0n) is 54.6. The summed E-state index contributed by atoms with van der Waals surface area (Å²) < 4.78 is 23.8. The molecule has 0 saturated carbocycles. The number of phosphoric ester groups is 1. The molecule has 0 aliphatic heterocycles. The monoisotopic (exact) mass is 1150 g/mol. The first kappa shape index (κ1) is 79.0. The molecule has 0 aliphatic rings. The number of rotatable bonds is 67. The van der Waals surface area contributed by atoms with Gasteiger partial charge in [0.25, 0.3) is 0 Å². The largest absolute Gasteiger partial charge is 0.472 e. The lowest BCUT2D eigenvalue weighted by Gasteiger charge is -2.25. The zero-order chi connectivity index (χ0) is 58.4. The van der Waals surface area contributed by atoms with Crippen LogP contribution in [0.2, 0.25) is 0 Å². The first-order valence-corrected chi connectivity index (χ1v) is 37.2. The van der Waals surface area contributed by atoms with Gasteiger partial charge in [0.1, 0.15) is 13.2 Å². The Morgan fingerprint density at radius 3 is 1.00 bits per heavy atom. The van der Waals surface area contributed by atoms with E-state index in [4.69, 9.17) is 9.05 Å². The van der Waals surface area contributed by atoms with Gasteiger partial charge >= 0.3 is 7.82 Å². The molecule has 0 aliphatic carbocycles. The van der Waals surface area contributed by atoms with Crippen LogP contribution in [0.5, 0.6) is 0 Å². The average Bonchev–Trinajstić information content (AvgIpc) is 3.42. The fourth-order valence-electron chi connectivity index (χ4n) is 11.1. The van der Waals surface area contributed by atoms with Crippen molar-refractivity contribution in [1.82, 2.24) is 5.32 Å². The lowest BCUT2D eigenvalue weighted by atomic mass is 10.0. The van der Waals surface area contributed by atoms with E-state index in [0.717, 1.165) is 38.5 Å². The lowest BCUT2D eigenvalue weighted by Crippen LogP contribution is -2.45. The number of nitrogens with zero attached hydrogens (tertiary/aromatic N) is 1. The van der Waals surface area contributed by atoms with Crippen molar-refractivity contribution in [3.63, 3.8) is 0 Å². The predicted molar refractivity (Wildman–Crippen MR) is 351 cm³/mol. The van der Waals surface area contributed by atoms with Gasteiger partial charge in [-0.2, -0.15) is 0 Å². The molecule has 8 nitrogen and oxygen atoms in total. The third-order valence-corrected chi connectivity index (χ3v) is 17.7. The van der Waals surface area contributed by atoms with Crippen molar-refractivity contribution >= 4 is 13.7 Å². The van der Waals surface area contributed by atoms with Crippen LogP contribution >= 0.6 is 7.82 Å². The molecular weight excluding hydrogens is 1010 g/mol. The average molecular weight is 1150 g/mol. The van der Waals surface area contributed by atoms with E-state index in [0.29, 0.717) is 17.4 Å². The molecule has 476 valence electrons. The number of likely N-dealkylation sites (N-methyl/N-ethyl adjacent to an activating group) is 1. The highest BCUT2D eigenvalue weighted by molar-refractivity contribution is 7.47. The third kappa shape index (κ3) is 64.5. The Bertz CT molecular complexity index is 1350. The van der Waals surface area contributed by atoms with Gasteiger partial charge in [0, 0.05) is 6.42 Å². The Kier molecular flexibility index (Phi) is 61.7. The molecule has 9 heteroatoms. The Morgan fingerprint density at radius 1 is 0.412 bits per heavy atom. The predicted octanol–water partition coefficient (Wildman–Crippen LogP) is 22.7. The van der Waals surface area contributed by atoms with Crippen LogP contribution in [0.4, 0.5) is 0 Å². The van der Waals surface area contributed by atoms with Crippen LogP contribution in [0.1, 0.15) is 373 Å². The van der Waals surface area contributed by atoms with Gasteiger partial charge in [-0.05, 0) is 32.1 Å². The third-order valence-electron chi connectivity index (χ3n) is 16.7. The van der Waals surface area contributed by atoms with E-state index in [9.17, 15) is 19.4 Å². The summed E-state index contributed by atoms with van der Waals surface area (Å²) >= 11 is 0. The smallest absolute Gasteiger partial charge is 0.387 e. The van der Waals surface area contributed by atoms with E-state index in [1.165, 1.54) is 315 Å². The minimum atomic E-state index is -4.36. The molecule has 0 saturated heterocycles. The number of hydrogen-bond donors (Lipinski definition) is 3. The van der Waals surface area contributed by atoms with Gasteiger partial charge < -0.3 is 19.8 Å². The van der Waals surface area contributed by atoms with E-state index in [-0.39, 0.29) is 19.1 Å². The normalized spacial score (nSPS) is 13.7. The van der Waals surface area contributed by atoms with E-state index in [1.807, 2.05) is 27.2 Å². The quantitative estimate of drug-likeness (QED) is 0.0243. The Morgan fingerprint density at radius 2 is 0.688 bits per heavy atom. The van der Waals surface area contributed by atoms with E-state index >= 15 is 0 Å². The van der Waals surface area contributed by atoms with Crippen LogP contribution < -0.4 is 5.32 Å². The number of amides is 1. The molecular formula is C71H142N2O6P+. The van der Waals surface area contributed by atoms with Crippen LogP contribution in [0.3, 0.4) is 0 Å². The zero-order valence-corrected chi connectivity index (χ0v) is 55.5. The second-order valence-corrected chi connectivity index (χ2v) is 27.4. The molecule has 0 spiro atoms. The van der Waals surface area contributed by atoms with Gasteiger partial charge in [-0.1, -0.05) is 359 Å². The van der Waals surface area contributed by atoms with Crippen LogP contribution in [-0.4, -0.2) is 73.4 Å². The summed E-state index contributed by atoms with van der Waals surface area (Å²) in [6.07, 6.45) is 82.0. The molecule has 0 aromatic rings. The molecule has 0 bridgehead atoms. The van der Waals surface area contributed by atoms with Crippen molar-refractivity contribution < 1.29 is 32.9 Å². The number of carbonyl (C=O) groups is 1. The van der Waals surface area contributed by atoms with Gasteiger partial charge in [0.05, 0.1) is 39.9 Å². The molecule has 0 aromatic heterocycles. The minimum absolute atomic E-state index is 0.0591. The molecule has 3 atom stereocenters. The van der Waals surface area contributed by atoms with Gasteiger partial charge in [-0.15, -0.1) is 0 Å². The van der Waals surface area contributed by atoms with Gasteiger partial charge in [0.2, 0.25) is 5.91 Å². The Hall–Kier alpha value is -1.02. The van der Waals surface area contributed by atoms with Crippen LogP contribution in [-0.2, 0) is 18.4 Å². The number of quaternary nitrogens is 1. The minimum Gasteiger partial charge on any atom is -0.387 e. The molecule has 0 fully saturated rings. The molecule has 0 aromatic carbocycles. The van der Waals surface area contributed by atoms with Gasteiger partial charge in [-0.25, -0.2) is 4.57 Å². The van der Waals surface area contributed by atoms with Crippen LogP contribution in [0.15, 0.2) is 24.3 Å². The van der Waals surface area contributed by atoms with Crippen molar-refractivity contribution in [3.05, 3.63) is 24.3 Å². The van der Waals surface area contributed by atoms with Crippen molar-refractivity contribution in [1.29, 1.82) is 0 Å². The Balaban J connectivity index is 4.05. The second kappa shape index (κ2) is 62.5. The first-order chi connectivity index (χ1) is 39.0. The summed E-state index contributed by atoms with van der Waals surface area (Å²) in [5.74, 6) is -0.177. The maximum Gasteiger partial charge on any atom is 0.472 e. The van der Waals surface area contributed by atoms with E-state index in [2.05, 4.69) is 31.3 Å². The summed E-state index contributed by atoms with van der Waals surface area (Å²) in [6.45, 7) is 4.87. The number of nitrogens with one attached hydrogen (secondary N) is 1. The summed E-state index contributed by atoms with van der Waals surface area (Å²) in [6, 6.07) is -0.862. The van der Waals surface area contributed by atoms with Crippen molar-refractivity contribution in [2.75, 3.05) is 40.9 Å². The highest BCUT2D eigenvalue weighted by Gasteiger charge is 2.28. The summed E-state index contributed by atoms with van der Waals surface area (Å²) in [4.78, 5) is 23.4. The maximum absolute atomic E-state index is 13.0. The molecule has 0 rings (SSSR count). The summed E-state index contributed by atoms with van der Waals surface area (Å²) in [5.41, 5.74) is 0. The fraction of sp³-hybridized carbons (Fsp3) is 0.930. The Labute approximate surface area is 500 Å². The standard InChI is InChI=1S/C71H141N2O6P/c1-6-8-10-12-14-16-18-20-22-24-26-28-30-32-34-36-37-39-41-43-45-47-49-51-53-55-57-59-61-63-65-71(75)72-69(68-79-80(76,77)78-67-66-73(3,4)5)70(74)64-62-60-58-56-54-52-50-48-46-44-42-40-38-35-33-31-29-27-25-23-21-19-17-15-13-11-9-7-2/h54,56,62,64,69-70,74H,6-53,55,57-61,63,65-68H2,1-5H3,(H-,72,75,76,77)/p+1/b56-54+,64-62+. The number of aliphatic hydroxyl groups is 1. The number of allylic oxidation sites excluding steroid dienone is 3. The van der Waals surface area contributed by atoms with Crippen molar-refractivity contribution in [2.45, 2.75) is 386 Å². The molecule has 0 heterocycles. The number of hydrogen-bond acceptors (Lipinski definition) is 5. The second-order valence-electron chi connectivity index (χ2n) is 26.0. The molecule has 1 amide bonds. The summed E-state index contributed by atoms with van der Waals surface area (Å²) in [7, 11) is 1.58. The van der Waals surface area contributed by atoms with Gasteiger partial charge in [0.15, 0.2) is 0 Å².